The van der Waals surface area contributed by atoms with Crippen molar-refractivity contribution < 1.29 is 0 Å². The van der Waals surface area contributed by atoms with E-state index in [1.54, 1.807) is 0 Å². The normalized spacial score (nSPS) is 27.6. The Morgan fingerprint density at radius 1 is 1.00 bits per heavy atom. The molecule has 1 aliphatic heterocycles. The number of benzene rings is 1. The Hall–Kier alpha value is -1.02. The van der Waals surface area contributed by atoms with Crippen LogP contribution in [0.1, 0.15) is 51.0 Å². The second-order valence-electron chi connectivity index (χ2n) is 6.69. The van der Waals surface area contributed by atoms with Crippen molar-refractivity contribution >= 4 is 5.69 Å². The van der Waals surface area contributed by atoms with Crippen LogP contribution in [0.15, 0.2) is 24.3 Å². The van der Waals surface area contributed by atoms with Crippen LogP contribution in [0.3, 0.4) is 0 Å². The number of likely N-dealkylation sites (tertiary alicyclic amines) is 1. The van der Waals surface area contributed by atoms with Crippen LogP contribution < -0.4 is 5.32 Å². The van der Waals surface area contributed by atoms with Gasteiger partial charge in [0.25, 0.3) is 0 Å². The molecule has 2 fully saturated rings. The van der Waals surface area contributed by atoms with Gasteiger partial charge in [-0.05, 0) is 62.4 Å². The number of anilines is 1. The highest BCUT2D eigenvalue weighted by Gasteiger charge is 2.20. The Morgan fingerprint density at radius 2 is 1.70 bits per heavy atom. The SMILES string of the molecule is CC1CCCCC1Nc1ccc(CN2CCCC2)cc1. The molecule has 110 valence electrons. The minimum Gasteiger partial charge on any atom is -0.382 e. The van der Waals surface area contributed by atoms with Crippen LogP contribution in [0, 0.1) is 5.92 Å². The highest BCUT2D eigenvalue weighted by Crippen LogP contribution is 2.27. The first-order valence-corrected chi connectivity index (χ1v) is 8.39. The molecule has 0 amide bonds. The smallest absolute Gasteiger partial charge is 0.0342 e. The third kappa shape index (κ3) is 3.54. The van der Waals surface area contributed by atoms with Crippen molar-refractivity contribution in [3.63, 3.8) is 0 Å². The van der Waals surface area contributed by atoms with Gasteiger partial charge in [-0.25, -0.2) is 0 Å². The van der Waals surface area contributed by atoms with Gasteiger partial charge < -0.3 is 5.32 Å². The van der Waals surface area contributed by atoms with Gasteiger partial charge in [0.05, 0.1) is 0 Å². The van der Waals surface area contributed by atoms with E-state index in [0.29, 0.717) is 6.04 Å². The molecule has 1 aromatic rings. The number of rotatable bonds is 4. The fourth-order valence-electron chi connectivity index (χ4n) is 3.65. The first kappa shape index (κ1) is 13.9. The van der Waals surface area contributed by atoms with Gasteiger partial charge in [-0.3, -0.25) is 4.90 Å². The van der Waals surface area contributed by atoms with Crippen LogP contribution in [0.2, 0.25) is 0 Å². The summed E-state index contributed by atoms with van der Waals surface area (Å²) in [6.45, 7) is 6.07. The minimum atomic E-state index is 0.674. The molecule has 1 saturated heterocycles. The largest absolute Gasteiger partial charge is 0.382 e. The number of nitrogens with one attached hydrogen (secondary N) is 1. The van der Waals surface area contributed by atoms with Crippen molar-refractivity contribution in [1.29, 1.82) is 0 Å². The summed E-state index contributed by atoms with van der Waals surface area (Å²) in [4.78, 5) is 2.56. The maximum atomic E-state index is 3.74. The molecule has 20 heavy (non-hydrogen) atoms. The molecule has 2 heteroatoms. The number of nitrogens with zero attached hydrogens (tertiary/aromatic N) is 1. The van der Waals surface area contributed by atoms with Crippen molar-refractivity contribution in [2.75, 3.05) is 18.4 Å². The average Bonchev–Trinajstić information content (AvgIpc) is 2.96. The quantitative estimate of drug-likeness (QED) is 0.880. The van der Waals surface area contributed by atoms with E-state index in [4.69, 9.17) is 0 Å². The molecule has 0 bridgehead atoms. The van der Waals surface area contributed by atoms with Crippen molar-refractivity contribution in [2.45, 2.75) is 58.0 Å². The third-order valence-corrected chi connectivity index (χ3v) is 5.02. The molecule has 1 saturated carbocycles. The predicted octanol–water partition coefficient (Wildman–Crippen LogP) is 4.27. The second-order valence-corrected chi connectivity index (χ2v) is 6.69. The van der Waals surface area contributed by atoms with Gasteiger partial charge >= 0.3 is 0 Å². The zero-order chi connectivity index (χ0) is 13.8. The summed E-state index contributed by atoms with van der Waals surface area (Å²) in [5.41, 5.74) is 2.75. The first-order chi connectivity index (χ1) is 9.81. The fourth-order valence-corrected chi connectivity index (χ4v) is 3.65. The van der Waals surface area contributed by atoms with E-state index in [0.717, 1.165) is 12.5 Å². The van der Waals surface area contributed by atoms with Crippen molar-refractivity contribution in [2.24, 2.45) is 5.92 Å². The van der Waals surface area contributed by atoms with Crippen LogP contribution in [0.4, 0.5) is 5.69 Å². The predicted molar refractivity (Wildman–Crippen MR) is 86.0 cm³/mol. The molecular weight excluding hydrogens is 244 g/mol. The minimum absolute atomic E-state index is 0.674. The molecule has 1 aliphatic carbocycles. The van der Waals surface area contributed by atoms with E-state index in [-0.39, 0.29) is 0 Å². The van der Waals surface area contributed by atoms with Gasteiger partial charge in [0.2, 0.25) is 0 Å². The Kier molecular flexibility index (Phi) is 4.62. The van der Waals surface area contributed by atoms with Gasteiger partial charge in [-0.2, -0.15) is 0 Å². The summed E-state index contributed by atoms with van der Waals surface area (Å²) in [5, 5.41) is 3.74. The first-order valence-electron chi connectivity index (χ1n) is 8.39. The van der Waals surface area contributed by atoms with Crippen molar-refractivity contribution in [3.05, 3.63) is 29.8 Å². The summed E-state index contributed by atoms with van der Waals surface area (Å²) < 4.78 is 0. The van der Waals surface area contributed by atoms with Crippen LogP contribution in [0.25, 0.3) is 0 Å². The zero-order valence-electron chi connectivity index (χ0n) is 12.8. The average molecular weight is 272 g/mol. The number of hydrogen-bond acceptors (Lipinski definition) is 2. The van der Waals surface area contributed by atoms with Gasteiger partial charge in [-0.15, -0.1) is 0 Å². The maximum Gasteiger partial charge on any atom is 0.0342 e. The lowest BCUT2D eigenvalue weighted by Crippen LogP contribution is -2.30. The fraction of sp³-hybridized carbons (Fsp3) is 0.667. The monoisotopic (exact) mass is 272 g/mol. The second kappa shape index (κ2) is 6.62. The molecule has 1 N–H and O–H groups in total. The lowest BCUT2D eigenvalue weighted by molar-refractivity contribution is 0.331. The summed E-state index contributed by atoms with van der Waals surface area (Å²) in [6, 6.07) is 9.81. The lowest BCUT2D eigenvalue weighted by atomic mass is 9.86. The van der Waals surface area contributed by atoms with E-state index < -0.39 is 0 Å². The summed E-state index contributed by atoms with van der Waals surface area (Å²) in [5.74, 6) is 0.813. The van der Waals surface area contributed by atoms with Crippen molar-refractivity contribution in [1.82, 2.24) is 4.90 Å². The number of hydrogen-bond donors (Lipinski definition) is 1. The molecule has 0 radical (unpaired) electrons. The Balaban J connectivity index is 1.55. The summed E-state index contributed by atoms with van der Waals surface area (Å²) in [7, 11) is 0. The van der Waals surface area contributed by atoms with Crippen molar-refractivity contribution in [3.8, 4) is 0 Å². The van der Waals surface area contributed by atoms with E-state index in [1.807, 2.05) is 0 Å². The van der Waals surface area contributed by atoms with Crippen LogP contribution in [0.5, 0.6) is 0 Å². The molecule has 1 heterocycles. The van der Waals surface area contributed by atoms with Gasteiger partial charge in [0.1, 0.15) is 0 Å². The summed E-state index contributed by atoms with van der Waals surface area (Å²) >= 11 is 0. The third-order valence-electron chi connectivity index (χ3n) is 5.02. The Labute approximate surface area is 123 Å². The van der Waals surface area contributed by atoms with E-state index >= 15 is 0 Å². The molecule has 0 aromatic heterocycles. The molecule has 1 aromatic carbocycles. The molecule has 2 unspecified atom stereocenters. The van der Waals surface area contributed by atoms with Gasteiger partial charge in [0, 0.05) is 18.3 Å². The molecule has 0 spiro atoms. The Bertz CT molecular complexity index is 406. The zero-order valence-corrected chi connectivity index (χ0v) is 12.8. The molecule has 2 aliphatic rings. The standard InChI is InChI=1S/C18H28N2/c1-15-6-2-3-7-18(15)19-17-10-8-16(9-11-17)14-20-12-4-5-13-20/h8-11,15,18-19H,2-7,12-14H2,1H3. The van der Waals surface area contributed by atoms with Crippen LogP contribution >= 0.6 is 0 Å². The van der Waals surface area contributed by atoms with E-state index in [9.17, 15) is 0 Å². The van der Waals surface area contributed by atoms with E-state index in [2.05, 4.69) is 41.4 Å². The lowest BCUT2D eigenvalue weighted by Gasteiger charge is -2.30. The molecular formula is C18H28N2. The van der Waals surface area contributed by atoms with Gasteiger partial charge in [-0.1, -0.05) is 31.9 Å². The van der Waals surface area contributed by atoms with Crippen LogP contribution in [-0.4, -0.2) is 24.0 Å². The topological polar surface area (TPSA) is 15.3 Å². The van der Waals surface area contributed by atoms with Crippen LogP contribution in [-0.2, 0) is 6.54 Å². The maximum absolute atomic E-state index is 3.74. The highest BCUT2D eigenvalue weighted by molar-refractivity contribution is 5.45. The Morgan fingerprint density at radius 3 is 2.40 bits per heavy atom. The molecule has 2 nitrogen and oxygen atoms in total. The molecule has 3 rings (SSSR count). The van der Waals surface area contributed by atoms with E-state index in [1.165, 1.54) is 62.9 Å². The molecule has 2 atom stereocenters. The van der Waals surface area contributed by atoms with Gasteiger partial charge in [0.15, 0.2) is 0 Å². The summed E-state index contributed by atoms with van der Waals surface area (Å²) in [6.07, 6.45) is 8.25. The highest BCUT2D eigenvalue weighted by atomic mass is 15.1.